The van der Waals surface area contributed by atoms with Crippen LogP contribution in [0.25, 0.3) is 0 Å². The number of amides is 1. The first kappa shape index (κ1) is 17.9. The van der Waals surface area contributed by atoms with Crippen LogP contribution in [0, 0.1) is 5.92 Å². The molecule has 0 saturated carbocycles. The number of rotatable bonds is 8. The first-order valence-electron chi connectivity index (χ1n) is 7.76. The fourth-order valence-corrected chi connectivity index (χ4v) is 2.42. The van der Waals surface area contributed by atoms with Crippen molar-refractivity contribution >= 4 is 11.9 Å². The SMILES string of the molecule is CCC(CC)CN(CC(=O)OC)C(=O)CC1COCCN1. The van der Waals surface area contributed by atoms with Gasteiger partial charge in [-0.1, -0.05) is 26.7 Å². The molecule has 1 atom stereocenters. The van der Waals surface area contributed by atoms with Crippen molar-refractivity contribution in [1.29, 1.82) is 0 Å². The van der Waals surface area contributed by atoms with Gasteiger partial charge in [-0.3, -0.25) is 9.59 Å². The zero-order valence-corrected chi connectivity index (χ0v) is 13.4. The third-order valence-corrected chi connectivity index (χ3v) is 3.95. The van der Waals surface area contributed by atoms with E-state index in [-0.39, 0.29) is 24.5 Å². The van der Waals surface area contributed by atoms with Crippen LogP contribution in [0.1, 0.15) is 33.1 Å². The predicted molar refractivity (Wildman–Crippen MR) is 79.9 cm³/mol. The number of hydrogen-bond acceptors (Lipinski definition) is 5. The number of esters is 1. The molecule has 0 spiro atoms. The Balaban J connectivity index is 2.59. The molecule has 6 heteroatoms. The maximum Gasteiger partial charge on any atom is 0.325 e. The highest BCUT2D eigenvalue weighted by Crippen LogP contribution is 2.12. The molecule has 0 radical (unpaired) electrons. The van der Waals surface area contributed by atoms with Crippen molar-refractivity contribution < 1.29 is 19.1 Å². The van der Waals surface area contributed by atoms with Gasteiger partial charge >= 0.3 is 5.97 Å². The van der Waals surface area contributed by atoms with Crippen molar-refractivity contribution in [2.24, 2.45) is 5.92 Å². The molecule has 1 aliphatic rings. The molecule has 1 fully saturated rings. The van der Waals surface area contributed by atoms with E-state index in [2.05, 4.69) is 19.2 Å². The lowest BCUT2D eigenvalue weighted by molar-refractivity contribution is -0.147. The van der Waals surface area contributed by atoms with Crippen LogP contribution in [0.4, 0.5) is 0 Å². The molecule has 0 aromatic heterocycles. The summed E-state index contributed by atoms with van der Waals surface area (Å²) in [4.78, 5) is 25.6. The highest BCUT2D eigenvalue weighted by Gasteiger charge is 2.24. The topological polar surface area (TPSA) is 67.9 Å². The van der Waals surface area contributed by atoms with Gasteiger partial charge in [0, 0.05) is 25.6 Å². The first-order chi connectivity index (χ1) is 10.1. The summed E-state index contributed by atoms with van der Waals surface area (Å²) in [5.41, 5.74) is 0. The highest BCUT2D eigenvalue weighted by molar-refractivity contribution is 5.82. The van der Waals surface area contributed by atoms with E-state index in [1.807, 2.05) is 0 Å². The van der Waals surface area contributed by atoms with E-state index in [9.17, 15) is 9.59 Å². The lowest BCUT2D eigenvalue weighted by atomic mass is 10.0. The number of ether oxygens (including phenoxy) is 2. The smallest absolute Gasteiger partial charge is 0.325 e. The molecule has 0 aliphatic carbocycles. The summed E-state index contributed by atoms with van der Waals surface area (Å²) in [5, 5.41) is 3.26. The molecular weight excluding hydrogens is 272 g/mol. The summed E-state index contributed by atoms with van der Waals surface area (Å²) in [7, 11) is 1.35. The first-order valence-corrected chi connectivity index (χ1v) is 7.76. The van der Waals surface area contributed by atoms with E-state index in [1.54, 1.807) is 4.90 Å². The van der Waals surface area contributed by atoms with Crippen molar-refractivity contribution in [3.8, 4) is 0 Å². The third-order valence-electron chi connectivity index (χ3n) is 3.95. The van der Waals surface area contributed by atoms with Crippen molar-refractivity contribution in [3.05, 3.63) is 0 Å². The Morgan fingerprint density at radius 2 is 2.10 bits per heavy atom. The molecule has 1 heterocycles. The minimum atomic E-state index is -0.373. The van der Waals surface area contributed by atoms with Crippen LogP contribution in [-0.2, 0) is 19.1 Å². The zero-order valence-electron chi connectivity index (χ0n) is 13.4. The van der Waals surface area contributed by atoms with Crippen LogP contribution in [0.3, 0.4) is 0 Å². The Hall–Kier alpha value is -1.14. The number of methoxy groups -OCH3 is 1. The maximum absolute atomic E-state index is 12.5. The van der Waals surface area contributed by atoms with Gasteiger partial charge in [0.15, 0.2) is 0 Å². The van der Waals surface area contributed by atoms with E-state index < -0.39 is 0 Å². The van der Waals surface area contributed by atoms with E-state index >= 15 is 0 Å². The molecule has 1 saturated heterocycles. The molecule has 21 heavy (non-hydrogen) atoms. The minimum absolute atomic E-state index is 0.0182. The number of nitrogens with zero attached hydrogens (tertiary/aromatic N) is 1. The normalized spacial score (nSPS) is 18.6. The average molecular weight is 300 g/mol. The van der Waals surface area contributed by atoms with Gasteiger partial charge in [-0.25, -0.2) is 0 Å². The van der Waals surface area contributed by atoms with Crippen LogP contribution < -0.4 is 5.32 Å². The quantitative estimate of drug-likeness (QED) is 0.672. The molecule has 6 nitrogen and oxygen atoms in total. The molecule has 0 aromatic rings. The lowest BCUT2D eigenvalue weighted by Gasteiger charge is -2.29. The molecule has 1 N–H and O–H groups in total. The van der Waals surface area contributed by atoms with Crippen molar-refractivity contribution in [1.82, 2.24) is 10.2 Å². The van der Waals surface area contributed by atoms with E-state index in [0.717, 1.165) is 19.4 Å². The Labute approximate surface area is 127 Å². The predicted octanol–water partition coefficient (Wildman–Crippen LogP) is 0.803. The number of carbonyl (C=O) groups is 2. The van der Waals surface area contributed by atoms with Gasteiger partial charge in [-0.15, -0.1) is 0 Å². The van der Waals surface area contributed by atoms with Gasteiger partial charge in [0.25, 0.3) is 0 Å². The molecule has 1 unspecified atom stereocenters. The molecule has 0 aromatic carbocycles. The minimum Gasteiger partial charge on any atom is -0.468 e. The number of morpholine rings is 1. The fourth-order valence-electron chi connectivity index (χ4n) is 2.42. The molecule has 0 bridgehead atoms. The van der Waals surface area contributed by atoms with Gasteiger partial charge in [0.1, 0.15) is 6.54 Å². The standard InChI is InChI=1S/C15H28N2O4/c1-4-12(5-2)9-17(10-15(19)20-3)14(18)8-13-11-21-7-6-16-13/h12-13,16H,4-11H2,1-3H3. The largest absolute Gasteiger partial charge is 0.468 e. The van der Waals surface area contributed by atoms with Gasteiger partial charge in [0.05, 0.1) is 20.3 Å². The van der Waals surface area contributed by atoms with Crippen LogP contribution in [0.5, 0.6) is 0 Å². The van der Waals surface area contributed by atoms with Crippen LogP contribution in [0.15, 0.2) is 0 Å². The maximum atomic E-state index is 12.5. The zero-order chi connectivity index (χ0) is 15.7. The van der Waals surface area contributed by atoms with E-state index in [4.69, 9.17) is 9.47 Å². The molecule has 1 amide bonds. The Kier molecular flexibility index (Phi) is 8.30. The van der Waals surface area contributed by atoms with Crippen LogP contribution in [-0.4, -0.2) is 62.8 Å². The van der Waals surface area contributed by atoms with Gasteiger partial charge in [-0.05, 0) is 5.92 Å². The Bertz CT molecular complexity index is 326. The van der Waals surface area contributed by atoms with Crippen molar-refractivity contribution in [2.45, 2.75) is 39.2 Å². The highest BCUT2D eigenvalue weighted by atomic mass is 16.5. The summed E-state index contributed by atoms with van der Waals surface area (Å²) in [6.45, 7) is 6.83. The van der Waals surface area contributed by atoms with Crippen molar-refractivity contribution in [3.63, 3.8) is 0 Å². The summed E-state index contributed by atoms with van der Waals surface area (Å²) in [6.07, 6.45) is 2.34. The summed E-state index contributed by atoms with van der Waals surface area (Å²) < 4.78 is 10.1. The summed E-state index contributed by atoms with van der Waals surface area (Å²) in [6, 6.07) is 0.0353. The number of nitrogens with one attached hydrogen (secondary N) is 1. The van der Waals surface area contributed by atoms with E-state index in [0.29, 0.717) is 32.1 Å². The van der Waals surface area contributed by atoms with Gasteiger partial charge < -0.3 is 19.7 Å². The molecule has 1 aliphatic heterocycles. The molecule has 122 valence electrons. The number of hydrogen-bond donors (Lipinski definition) is 1. The van der Waals surface area contributed by atoms with Crippen LogP contribution >= 0.6 is 0 Å². The summed E-state index contributed by atoms with van der Waals surface area (Å²) >= 11 is 0. The second-order valence-corrected chi connectivity index (χ2v) is 5.46. The fraction of sp³-hybridized carbons (Fsp3) is 0.867. The lowest BCUT2D eigenvalue weighted by Crippen LogP contribution is -2.47. The molecular formula is C15H28N2O4. The van der Waals surface area contributed by atoms with Crippen molar-refractivity contribution in [2.75, 3.05) is 40.0 Å². The third kappa shape index (κ3) is 6.44. The molecule has 1 rings (SSSR count). The van der Waals surface area contributed by atoms with E-state index in [1.165, 1.54) is 7.11 Å². The van der Waals surface area contributed by atoms with Gasteiger partial charge in [-0.2, -0.15) is 0 Å². The monoisotopic (exact) mass is 300 g/mol. The number of carbonyl (C=O) groups excluding carboxylic acids is 2. The van der Waals surface area contributed by atoms with Gasteiger partial charge in [0.2, 0.25) is 5.91 Å². The Morgan fingerprint density at radius 1 is 1.38 bits per heavy atom. The van der Waals surface area contributed by atoms with Crippen LogP contribution in [0.2, 0.25) is 0 Å². The Morgan fingerprint density at radius 3 is 2.62 bits per heavy atom. The second kappa shape index (κ2) is 9.73. The average Bonchev–Trinajstić information content (AvgIpc) is 2.51. The second-order valence-electron chi connectivity index (χ2n) is 5.46. The summed E-state index contributed by atoms with van der Waals surface area (Å²) in [5.74, 6) is 0.0200.